The maximum absolute atomic E-state index is 13.9. The minimum atomic E-state index is -4.68. The van der Waals surface area contributed by atoms with Crippen LogP contribution in [0.15, 0.2) is 47.0 Å². The number of fused-ring (bicyclic) bond motifs is 5. The molecule has 0 amide bonds. The van der Waals surface area contributed by atoms with E-state index in [1.54, 1.807) is 24.3 Å². The first-order valence-electron chi connectivity index (χ1n) is 9.42. The van der Waals surface area contributed by atoms with Gasteiger partial charge in [-0.3, -0.25) is 0 Å². The first kappa shape index (κ1) is 19.3. The van der Waals surface area contributed by atoms with Crippen LogP contribution in [0.25, 0.3) is 0 Å². The summed E-state index contributed by atoms with van der Waals surface area (Å²) < 4.78 is 87.4. The van der Waals surface area contributed by atoms with Crippen LogP contribution in [-0.4, -0.2) is 26.8 Å². The topological polar surface area (TPSA) is 91.1 Å². The molecule has 1 aromatic carbocycles. The Morgan fingerprint density at radius 3 is 2.56 bits per heavy atom. The second-order valence-electron chi connectivity index (χ2n) is 7.47. The summed E-state index contributed by atoms with van der Waals surface area (Å²) in [7, 11) is -4.23. The molecule has 1 atom stereocenters. The van der Waals surface area contributed by atoms with E-state index in [0.717, 1.165) is 16.4 Å². The van der Waals surface area contributed by atoms with E-state index in [1.165, 1.54) is 6.20 Å². The maximum atomic E-state index is 13.9. The van der Waals surface area contributed by atoms with E-state index in [4.69, 9.17) is 18.6 Å². The predicted molar refractivity (Wildman–Crippen MR) is 102 cm³/mol. The van der Waals surface area contributed by atoms with E-state index in [1.807, 2.05) is 0 Å². The number of nitrogens with zero attached hydrogens (tertiary/aromatic N) is 2. The molecule has 5 heterocycles. The van der Waals surface area contributed by atoms with E-state index in [-0.39, 0.29) is 25.0 Å². The molecule has 2 aromatic heterocycles. The van der Waals surface area contributed by atoms with Crippen molar-refractivity contribution >= 4 is 15.8 Å². The molecule has 32 heavy (non-hydrogen) atoms. The van der Waals surface area contributed by atoms with Crippen LogP contribution in [0.4, 0.5) is 19.0 Å². The first-order chi connectivity index (χ1) is 15.2. The fourth-order valence-electron chi connectivity index (χ4n) is 4.32. The zero-order chi connectivity index (χ0) is 22.3. The van der Waals surface area contributed by atoms with Crippen LogP contribution in [0.1, 0.15) is 22.6 Å². The summed E-state index contributed by atoms with van der Waals surface area (Å²) in [5.74, 6) is -0.122. The number of halogens is 3. The molecule has 0 N–H and O–H groups in total. The van der Waals surface area contributed by atoms with Gasteiger partial charge in [0.05, 0.1) is 6.54 Å². The normalized spacial score (nSPS) is 22.2. The highest BCUT2D eigenvalue weighted by Crippen LogP contribution is 2.58. The van der Waals surface area contributed by atoms with Gasteiger partial charge in [-0.25, -0.2) is 17.7 Å². The zero-order valence-electron chi connectivity index (χ0n) is 16.0. The Labute approximate surface area is 179 Å². The highest BCUT2D eigenvalue weighted by atomic mass is 32.2. The van der Waals surface area contributed by atoms with Gasteiger partial charge in [-0.15, -0.1) is 0 Å². The number of pyridine rings is 1. The van der Waals surface area contributed by atoms with Crippen molar-refractivity contribution in [3.8, 4) is 17.2 Å². The van der Waals surface area contributed by atoms with Gasteiger partial charge >= 0.3 is 6.18 Å². The Balaban J connectivity index is 1.50. The van der Waals surface area contributed by atoms with Crippen LogP contribution in [0.2, 0.25) is 0 Å². The summed E-state index contributed by atoms with van der Waals surface area (Å²) in [5.41, 5.74) is 0.717. The maximum Gasteiger partial charge on any atom is 0.449 e. The molecule has 3 aromatic rings. The zero-order valence-corrected chi connectivity index (χ0v) is 16.9. The summed E-state index contributed by atoms with van der Waals surface area (Å²) in [6, 6.07) is 8.22. The quantitative estimate of drug-likeness (QED) is 0.572. The minimum absolute atomic E-state index is 0.00226. The predicted octanol–water partition coefficient (Wildman–Crippen LogP) is 3.41. The SMILES string of the molecule is O=S1(=O)N(Cc2ccc(C(F)(F)F)o2)c2ncccc2C12COc1cc3c(cc12)OCO3. The van der Waals surface area contributed by atoms with Gasteiger partial charge in [0.25, 0.3) is 10.0 Å². The summed E-state index contributed by atoms with van der Waals surface area (Å²) >= 11 is 0. The van der Waals surface area contributed by atoms with Gasteiger partial charge in [0.2, 0.25) is 12.6 Å². The third-order valence-electron chi connectivity index (χ3n) is 5.77. The number of ether oxygens (including phenoxy) is 3. The molecule has 3 aliphatic rings. The molecule has 1 spiro atoms. The van der Waals surface area contributed by atoms with E-state index in [9.17, 15) is 21.6 Å². The second-order valence-corrected chi connectivity index (χ2v) is 9.56. The Hall–Kier alpha value is -3.41. The van der Waals surface area contributed by atoms with E-state index in [0.29, 0.717) is 28.4 Å². The van der Waals surface area contributed by atoms with Gasteiger partial charge in [-0.1, -0.05) is 6.07 Å². The van der Waals surface area contributed by atoms with Gasteiger partial charge < -0.3 is 18.6 Å². The van der Waals surface area contributed by atoms with Gasteiger partial charge in [0.1, 0.15) is 23.9 Å². The van der Waals surface area contributed by atoms with Crippen LogP contribution < -0.4 is 18.5 Å². The van der Waals surface area contributed by atoms with Gasteiger partial charge in [0, 0.05) is 23.4 Å². The number of sulfonamides is 1. The highest BCUT2D eigenvalue weighted by molar-refractivity contribution is 7.94. The molecule has 12 heteroatoms. The van der Waals surface area contributed by atoms with Gasteiger partial charge in [-0.2, -0.15) is 13.2 Å². The molecule has 8 nitrogen and oxygen atoms in total. The number of benzene rings is 1. The fourth-order valence-corrected chi connectivity index (χ4v) is 6.45. The molecule has 0 fully saturated rings. The van der Waals surface area contributed by atoms with Gasteiger partial charge in [-0.05, 0) is 24.3 Å². The lowest BCUT2D eigenvalue weighted by atomic mass is 9.92. The molecular formula is C20H13F3N2O6S. The number of furan rings is 1. The lowest BCUT2D eigenvalue weighted by Crippen LogP contribution is -2.41. The van der Waals surface area contributed by atoms with Crippen LogP contribution in [0.5, 0.6) is 17.2 Å². The molecular weight excluding hydrogens is 453 g/mol. The minimum Gasteiger partial charge on any atom is -0.491 e. The number of aromatic nitrogens is 1. The van der Waals surface area contributed by atoms with Crippen LogP contribution >= 0.6 is 0 Å². The second kappa shape index (κ2) is 6.09. The van der Waals surface area contributed by atoms with E-state index >= 15 is 0 Å². The lowest BCUT2D eigenvalue weighted by molar-refractivity contribution is -0.153. The van der Waals surface area contributed by atoms with Crippen LogP contribution in [0.3, 0.4) is 0 Å². The van der Waals surface area contributed by atoms with Crippen molar-refractivity contribution in [2.45, 2.75) is 17.5 Å². The van der Waals surface area contributed by atoms with Crippen LogP contribution in [-0.2, 0) is 27.5 Å². The average molecular weight is 466 g/mol. The number of hydrogen-bond acceptors (Lipinski definition) is 7. The molecule has 0 aliphatic carbocycles. The van der Waals surface area contributed by atoms with Crippen LogP contribution in [0, 0.1) is 0 Å². The standard InChI is InChI=1S/C20H13F3N2O6S/c21-20(22,23)17-4-3-11(31-17)8-25-18-12(2-1-5-24-18)19(32(25,26)27)9-28-14-7-16-15(6-13(14)19)29-10-30-16/h1-7H,8-10H2. The summed E-state index contributed by atoms with van der Waals surface area (Å²) in [4.78, 5) is 4.22. The Bertz CT molecular complexity index is 1370. The Morgan fingerprint density at radius 1 is 1.03 bits per heavy atom. The smallest absolute Gasteiger partial charge is 0.449 e. The van der Waals surface area contributed by atoms with E-state index < -0.39 is 33.3 Å². The fraction of sp³-hybridized carbons (Fsp3) is 0.250. The first-order valence-corrected chi connectivity index (χ1v) is 10.9. The molecule has 166 valence electrons. The average Bonchev–Trinajstić information content (AvgIpc) is 3.50. The Morgan fingerprint density at radius 2 is 1.81 bits per heavy atom. The largest absolute Gasteiger partial charge is 0.491 e. The van der Waals surface area contributed by atoms with Crippen molar-refractivity contribution < 1.29 is 40.2 Å². The van der Waals surface area contributed by atoms with Crippen molar-refractivity contribution in [2.24, 2.45) is 0 Å². The van der Waals surface area contributed by atoms with E-state index in [2.05, 4.69) is 4.98 Å². The number of hydrogen-bond donors (Lipinski definition) is 0. The monoisotopic (exact) mass is 466 g/mol. The highest BCUT2D eigenvalue weighted by Gasteiger charge is 2.62. The van der Waals surface area contributed by atoms with Crippen molar-refractivity contribution in [3.05, 3.63) is 65.2 Å². The number of anilines is 1. The lowest BCUT2D eigenvalue weighted by Gasteiger charge is -2.24. The summed E-state index contributed by atoms with van der Waals surface area (Å²) in [5, 5.41) is 0. The molecule has 0 saturated carbocycles. The van der Waals surface area contributed by atoms with Crippen molar-refractivity contribution in [3.63, 3.8) is 0 Å². The van der Waals surface area contributed by atoms with Gasteiger partial charge in [0.15, 0.2) is 16.2 Å². The third-order valence-corrected chi connectivity index (χ3v) is 8.09. The number of rotatable bonds is 2. The number of alkyl halides is 3. The third kappa shape index (κ3) is 2.38. The van der Waals surface area contributed by atoms with Crippen molar-refractivity contribution in [1.82, 2.24) is 4.98 Å². The molecule has 1 unspecified atom stereocenters. The molecule has 0 bridgehead atoms. The van der Waals surface area contributed by atoms with Crippen molar-refractivity contribution in [2.75, 3.05) is 17.7 Å². The molecule has 0 radical (unpaired) electrons. The molecule has 3 aliphatic heterocycles. The Kier molecular flexibility index (Phi) is 3.67. The summed E-state index contributed by atoms with van der Waals surface area (Å²) in [6.07, 6.45) is -3.26. The molecule has 6 rings (SSSR count). The molecule has 0 saturated heterocycles. The van der Waals surface area contributed by atoms with Crippen molar-refractivity contribution in [1.29, 1.82) is 0 Å². The summed E-state index contributed by atoms with van der Waals surface area (Å²) in [6.45, 7) is -0.680.